The number of carboxylic acid groups (broad SMARTS) is 1. The number of hydrogen-bond acceptors (Lipinski definition) is 4. The average molecular weight is 309 g/mol. The lowest BCUT2D eigenvalue weighted by atomic mass is 10.0. The van der Waals surface area contributed by atoms with E-state index in [1.807, 2.05) is 31.2 Å². The Bertz CT molecular complexity index is 760. The summed E-state index contributed by atoms with van der Waals surface area (Å²) in [5.41, 5.74) is 2.86. The molecule has 0 N–H and O–H groups in total. The van der Waals surface area contributed by atoms with Crippen LogP contribution in [0.25, 0.3) is 6.08 Å². The maximum atomic E-state index is 12.3. The Labute approximate surface area is 135 Å². The van der Waals surface area contributed by atoms with Crippen molar-refractivity contribution < 1.29 is 19.4 Å². The molecule has 0 saturated carbocycles. The van der Waals surface area contributed by atoms with Crippen LogP contribution in [0.3, 0.4) is 0 Å². The number of carboxylic acids is 1. The smallest absolute Gasteiger partial charge is 0.185 e. The molecule has 0 aliphatic carbocycles. The molecule has 0 radical (unpaired) electrons. The standard InChI is InChI=1S/C19H18O4/c1-13-5-3-4-6-14(13)7-9-17(20)15-8-10-18(23-2)16(11-15)12-19(21)22/h3-11H,12H2,1-2H3,(H,21,22)/p-1/b9-7+. The lowest BCUT2D eigenvalue weighted by molar-refractivity contribution is -0.304. The molecule has 0 aromatic heterocycles. The van der Waals surface area contributed by atoms with Gasteiger partial charge < -0.3 is 14.6 Å². The highest BCUT2D eigenvalue weighted by molar-refractivity contribution is 6.07. The summed E-state index contributed by atoms with van der Waals surface area (Å²) in [4.78, 5) is 23.1. The van der Waals surface area contributed by atoms with Crippen molar-refractivity contribution in [3.8, 4) is 5.75 Å². The minimum Gasteiger partial charge on any atom is -0.550 e. The second kappa shape index (κ2) is 7.40. The van der Waals surface area contributed by atoms with E-state index in [4.69, 9.17) is 4.74 Å². The predicted molar refractivity (Wildman–Crippen MR) is 86.2 cm³/mol. The molecule has 0 saturated heterocycles. The zero-order valence-corrected chi connectivity index (χ0v) is 13.0. The number of allylic oxidation sites excluding steroid dienone is 1. The van der Waals surface area contributed by atoms with Crippen LogP contribution in [0.15, 0.2) is 48.5 Å². The first-order valence-corrected chi connectivity index (χ1v) is 7.16. The summed E-state index contributed by atoms with van der Waals surface area (Å²) >= 11 is 0. The highest BCUT2D eigenvalue weighted by Gasteiger charge is 2.09. The van der Waals surface area contributed by atoms with Crippen LogP contribution in [0.1, 0.15) is 27.0 Å². The third-order valence-electron chi connectivity index (χ3n) is 3.50. The molecule has 0 spiro atoms. The van der Waals surface area contributed by atoms with Gasteiger partial charge in [-0.3, -0.25) is 4.79 Å². The number of aryl methyl sites for hydroxylation is 1. The molecule has 0 amide bonds. The van der Waals surface area contributed by atoms with Crippen molar-refractivity contribution in [2.24, 2.45) is 0 Å². The highest BCUT2D eigenvalue weighted by atomic mass is 16.5. The Kier molecular flexibility index (Phi) is 5.31. The Balaban J connectivity index is 2.25. The minimum absolute atomic E-state index is 0.199. The zero-order valence-electron chi connectivity index (χ0n) is 13.0. The molecule has 0 fully saturated rings. The van der Waals surface area contributed by atoms with E-state index in [-0.39, 0.29) is 12.2 Å². The summed E-state index contributed by atoms with van der Waals surface area (Å²) in [6.07, 6.45) is 2.93. The topological polar surface area (TPSA) is 66.4 Å². The number of methoxy groups -OCH3 is 1. The van der Waals surface area contributed by atoms with Crippen molar-refractivity contribution in [1.29, 1.82) is 0 Å². The minimum atomic E-state index is -1.22. The molecule has 2 aromatic rings. The number of rotatable bonds is 6. The number of carbonyl (C=O) groups is 2. The van der Waals surface area contributed by atoms with Crippen LogP contribution in [0.4, 0.5) is 0 Å². The van der Waals surface area contributed by atoms with Crippen molar-refractivity contribution in [2.75, 3.05) is 7.11 Å². The molecule has 2 aromatic carbocycles. The van der Waals surface area contributed by atoms with Gasteiger partial charge in [0.15, 0.2) is 5.78 Å². The van der Waals surface area contributed by atoms with E-state index in [1.165, 1.54) is 19.3 Å². The van der Waals surface area contributed by atoms with Crippen LogP contribution in [0.5, 0.6) is 5.75 Å². The molecule has 23 heavy (non-hydrogen) atoms. The molecule has 0 heterocycles. The molecule has 2 rings (SSSR count). The van der Waals surface area contributed by atoms with Crippen molar-refractivity contribution in [1.82, 2.24) is 0 Å². The summed E-state index contributed by atoms with van der Waals surface area (Å²) in [7, 11) is 1.45. The van der Waals surface area contributed by atoms with E-state index >= 15 is 0 Å². The Morgan fingerprint density at radius 2 is 1.91 bits per heavy atom. The van der Waals surface area contributed by atoms with Gasteiger partial charge in [0.1, 0.15) is 5.75 Å². The highest BCUT2D eigenvalue weighted by Crippen LogP contribution is 2.21. The van der Waals surface area contributed by atoms with Crippen molar-refractivity contribution in [3.05, 3.63) is 70.8 Å². The van der Waals surface area contributed by atoms with Gasteiger partial charge in [0.05, 0.1) is 7.11 Å². The number of ketones is 1. The Hall–Kier alpha value is -2.88. The summed E-state index contributed by atoms with van der Waals surface area (Å²) < 4.78 is 5.11. The van der Waals surface area contributed by atoms with E-state index in [9.17, 15) is 14.7 Å². The third kappa shape index (κ3) is 4.30. The van der Waals surface area contributed by atoms with Gasteiger partial charge in [-0.1, -0.05) is 30.3 Å². The van der Waals surface area contributed by atoms with E-state index < -0.39 is 5.97 Å². The van der Waals surface area contributed by atoms with Crippen molar-refractivity contribution in [3.63, 3.8) is 0 Å². The summed E-state index contributed by atoms with van der Waals surface area (Å²) in [6.45, 7) is 1.97. The first-order chi connectivity index (χ1) is 11.0. The first kappa shape index (κ1) is 16.5. The first-order valence-electron chi connectivity index (χ1n) is 7.16. The molecule has 118 valence electrons. The molecule has 0 aliphatic heterocycles. The van der Waals surface area contributed by atoms with E-state index in [0.29, 0.717) is 16.9 Å². The van der Waals surface area contributed by atoms with Gasteiger partial charge >= 0.3 is 0 Å². The Morgan fingerprint density at radius 3 is 2.57 bits per heavy atom. The molecule has 4 heteroatoms. The molecule has 0 aliphatic rings. The number of aliphatic carboxylic acids is 1. The van der Waals surface area contributed by atoms with E-state index in [0.717, 1.165) is 11.1 Å². The lowest BCUT2D eigenvalue weighted by Gasteiger charge is -2.10. The van der Waals surface area contributed by atoms with Crippen LogP contribution in [-0.4, -0.2) is 18.9 Å². The number of ether oxygens (including phenoxy) is 1. The maximum absolute atomic E-state index is 12.3. The summed E-state index contributed by atoms with van der Waals surface area (Å²) in [6, 6.07) is 12.5. The zero-order chi connectivity index (χ0) is 16.8. The van der Waals surface area contributed by atoms with Crippen LogP contribution < -0.4 is 9.84 Å². The lowest BCUT2D eigenvalue weighted by Crippen LogP contribution is -2.24. The second-order valence-electron chi connectivity index (χ2n) is 5.13. The van der Waals surface area contributed by atoms with Gasteiger partial charge in [-0.2, -0.15) is 0 Å². The third-order valence-corrected chi connectivity index (χ3v) is 3.50. The molecular weight excluding hydrogens is 292 g/mol. The van der Waals surface area contributed by atoms with Crippen molar-refractivity contribution in [2.45, 2.75) is 13.3 Å². The number of hydrogen-bond donors (Lipinski definition) is 0. The normalized spacial score (nSPS) is 10.7. The van der Waals surface area contributed by atoms with Crippen LogP contribution in [0.2, 0.25) is 0 Å². The number of carbonyl (C=O) groups excluding carboxylic acids is 2. The fourth-order valence-electron chi connectivity index (χ4n) is 2.26. The Morgan fingerprint density at radius 1 is 1.17 bits per heavy atom. The predicted octanol–water partition coefficient (Wildman–Crippen LogP) is 2.19. The molecular formula is C19H17O4-. The van der Waals surface area contributed by atoms with Crippen molar-refractivity contribution >= 4 is 17.8 Å². The van der Waals surface area contributed by atoms with Crippen LogP contribution >= 0.6 is 0 Å². The fraction of sp³-hybridized carbons (Fsp3) is 0.158. The molecule has 0 atom stereocenters. The monoisotopic (exact) mass is 309 g/mol. The summed E-state index contributed by atoms with van der Waals surface area (Å²) in [5.74, 6) is -0.993. The van der Waals surface area contributed by atoms with Crippen LogP contribution in [-0.2, 0) is 11.2 Å². The quantitative estimate of drug-likeness (QED) is 0.606. The maximum Gasteiger partial charge on any atom is 0.185 e. The second-order valence-corrected chi connectivity index (χ2v) is 5.13. The molecule has 4 nitrogen and oxygen atoms in total. The molecule has 0 bridgehead atoms. The van der Waals surface area contributed by atoms with Crippen LogP contribution in [0, 0.1) is 6.92 Å². The summed E-state index contributed by atoms with van der Waals surface area (Å²) in [5, 5.41) is 10.8. The fourth-order valence-corrected chi connectivity index (χ4v) is 2.26. The van der Waals surface area contributed by atoms with Gasteiger partial charge in [-0.25, -0.2) is 0 Å². The van der Waals surface area contributed by atoms with E-state index in [1.54, 1.807) is 18.2 Å². The van der Waals surface area contributed by atoms with Gasteiger partial charge in [0, 0.05) is 23.5 Å². The SMILES string of the molecule is COc1ccc(C(=O)/C=C/c2ccccc2C)cc1CC(=O)[O-]. The van der Waals surface area contributed by atoms with Gasteiger partial charge in [0.2, 0.25) is 0 Å². The van der Waals surface area contributed by atoms with Gasteiger partial charge in [-0.15, -0.1) is 0 Å². The largest absolute Gasteiger partial charge is 0.550 e. The van der Waals surface area contributed by atoms with Gasteiger partial charge in [0.25, 0.3) is 0 Å². The van der Waals surface area contributed by atoms with E-state index in [2.05, 4.69) is 0 Å². The van der Waals surface area contributed by atoms with Gasteiger partial charge in [-0.05, 0) is 42.3 Å². The average Bonchev–Trinajstić information content (AvgIpc) is 2.53. The molecule has 0 unspecified atom stereocenters. The number of benzene rings is 2.